The number of carbonyl (C=O) groups excluding carboxylic acids is 1. The van der Waals surface area contributed by atoms with Crippen LogP contribution >= 0.6 is 23.1 Å². The summed E-state index contributed by atoms with van der Waals surface area (Å²) in [5, 5.41) is 3.36. The van der Waals surface area contributed by atoms with Gasteiger partial charge in [-0.1, -0.05) is 11.8 Å². The summed E-state index contributed by atoms with van der Waals surface area (Å²) in [5.74, 6) is 0.840. The Morgan fingerprint density at radius 1 is 1.44 bits per heavy atom. The number of aryl methyl sites for hydroxylation is 1. The maximum absolute atomic E-state index is 12.8. The van der Waals surface area contributed by atoms with E-state index in [1.807, 2.05) is 31.4 Å². The number of nitrogens with zero attached hydrogens (tertiary/aromatic N) is 3. The van der Waals surface area contributed by atoms with Gasteiger partial charge in [0, 0.05) is 30.1 Å². The molecule has 27 heavy (non-hydrogen) atoms. The smallest absolute Gasteiger partial charge is 0.191 e. The van der Waals surface area contributed by atoms with Gasteiger partial charge in [-0.3, -0.25) is 4.79 Å². The molecule has 1 aliphatic rings. The second-order valence-corrected chi connectivity index (χ2v) is 8.61. The minimum Gasteiger partial charge on any atom is -0.383 e. The van der Waals surface area contributed by atoms with Gasteiger partial charge in [0.15, 0.2) is 10.9 Å². The number of rotatable bonds is 6. The summed E-state index contributed by atoms with van der Waals surface area (Å²) in [4.78, 5) is 22.5. The van der Waals surface area contributed by atoms with E-state index in [2.05, 4.69) is 14.5 Å². The van der Waals surface area contributed by atoms with Crippen molar-refractivity contribution in [2.45, 2.75) is 44.5 Å². The Labute approximate surface area is 166 Å². The number of carbonyl (C=O) groups is 1. The first-order valence-corrected chi connectivity index (χ1v) is 10.8. The Morgan fingerprint density at radius 3 is 3.07 bits per heavy atom. The highest BCUT2D eigenvalue weighted by atomic mass is 32.2. The number of nitrogens with two attached hydrogens (primary N) is 1. The van der Waals surface area contributed by atoms with Crippen molar-refractivity contribution in [2.24, 2.45) is 0 Å². The molecule has 1 saturated heterocycles. The van der Waals surface area contributed by atoms with Crippen LogP contribution in [0.5, 0.6) is 0 Å². The van der Waals surface area contributed by atoms with Crippen LogP contribution in [-0.2, 0) is 11.3 Å². The monoisotopic (exact) mass is 402 g/mol. The van der Waals surface area contributed by atoms with E-state index >= 15 is 0 Å². The van der Waals surface area contributed by atoms with Gasteiger partial charge >= 0.3 is 0 Å². The van der Waals surface area contributed by atoms with Crippen LogP contribution in [0, 0.1) is 13.8 Å². The van der Waals surface area contributed by atoms with Crippen molar-refractivity contribution in [3.05, 3.63) is 34.5 Å². The van der Waals surface area contributed by atoms with E-state index in [1.165, 1.54) is 23.1 Å². The highest BCUT2D eigenvalue weighted by Crippen LogP contribution is 2.27. The third-order valence-electron chi connectivity index (χ3n) is 4.95. The molecule has 3 aromatic rings. The molecule has 6 nitrogen and oxygen atoms in total. The summed E-state index contributed by atoms with van der Waals surface area (Å²) < 4.78 is 7.94. The number of anilines is 1. The molecule has 1 aliphatic heterocycles. The number of nitrogen functional groups attached to an aromatic ring is 1. The molecule has 0 amide bonds. The number of ether oxygens (including phenoxy) is 1. The average Bonchev–Trinajstić information content (AvgIpc) is 3.37. The predicted molar refractivity (Wildman–Crippen MR) is 110 cm³/mol. The zero-order chi connectivity index (χ0) is 19.0. The lowest BCUT2D eigenvalue weighted by atomic mass is 10.2. The third kappa shape index (κ3) is 3.74. The molecule has 0 saturated carbocycles. The SMILES string of the molecule is Cc1cc(C(=O)CSc2nc(N)c3ccsc3n2)c(C)n1CC1CCCO1. The normalized spacial score (nSPS) is 17.0. The summed E-state index contributed by atoms with van der Waals surface area (Å²) in [6.07, 6.45) is 2.45. The number of fused-ring (bicyclic) bond motifs is 1. The van der Waals surface area contributed by atoms with Crippen LogP contribution in [0.2, 0.25) is 0 Å². The second-order valence-electron chi connectivity index (χ2n) is 6.77. The van der Waals surface area contributed by atoms with Crippen LogP contribution in [0.1, 0.15) is 34.6 Å². The van der Waals surface area contributed by atoms with Gasteiger partial charge < -0.3 is 15.0 Å². The van der Waals surface area contributed by atoms with Gasteiger partial charge in [0.25, 0.3) is 0 Å². The van der Waals surface area contributed by atoms with Crippen molar-refractivity contribution >= 4 is 44.9 Å². The number of Topliss-reactive ketones (excluding diaryl/α,β-unsaturated/α-hetero) is 1. The van der Waals surface area contributed by atoms with Crippen molar-refractivity contribution in [3.8, 4) is 0 Å². The van der Waals surface area contributed by atoms with Crippen LogP contribution in [0.4, 0.5) is 5.82 Å². The van der Waals surface area contributed by atoms with Gasteiger partial charge in [0.2, 0.25) is 0 Å². The number of thioether (sulfide) groups is 1. The third-order valence-corrected chi connectivity index (χ3v) is 6.60. The lowest BCUT2D eigenvalue weighted by Crippen LogP contribution is -2.17. The summed E-state index contributed by atoms with van der Waals surface area (Å²) in [6, 6.07) is 3.89. The summed E-state index contributed by atoms with van der Waals surface area (Å²) in [6.45, 7) is 5.70. The minimum atomic E-state index is 0.0835. The van der Waals surface area contributed by atoms with Crippen LogP contribution in [0.15, 0.2) is 22.7 Å². The molecule has 0 bridgehead atoms. The summed E-state index contributed by atoms with van der Waals surface area (Å²) >= 11 is 2.86. The van der Waals surface area contributed by atoms with Gasteiger partial charge in [-0.25, -0.2) is 9.97 Å². The molecule has 0 spiro atoms. The fraction of sp³-hybridized carbons (Fsp3) is 0.421. The van der Waals surface area contributed by atoms with Crippen molar-refractivity contribution in [2.75, 3.05) is 18.1 Å². The standard InChI is InChI=1S/C19H22N4O2S2/c1-11-8-15(12(2)23(11)9-13-4-3-6-25-13)16(24)10-27-19-21-17(20)14-5-7-26-18(14)22-19/h5,7-8,13H,3-4,6,9-10H2,1-2H3,(H2,20,21,22). The van der Waals surface area contributed by atoms with Gasteiger partial charge in [-0.2, -0.15) is 0 Å². The van der Waals surface area contributed by atoms with Crippen molar-refractivity contribution in [1.82, 2.24) is 14.5 Å². The molecule has 4 heterocycles. The highest BCUT2D eigenvalue weighted by molar-refractivity contribution is 7.99. The molecule has 0 aliphatic carbocycles. The van der Waals surface area contributed by atoms with Gasteiger partial charge in [0.1, 0.15) is 10.6 Å². The number of hydrogen-bond acceptors (Lipinski definition) is 7. The first-order chi connectivity index (χ1) is 13.0. The lowest BCUT2D eigenvalue weighted by molar-refractivity contribution is 0.0957. The molecule has 8 heteroatoms. The van der Waals surface area contributed by atoms with E-state index in [1.54, 1.807) is 0 Å². The molecule has 0 aromatic carbocycles. The molecule has 0 radical (unpaired) electrons. The first kappa shape index (κ1) is 18.5. The number of aromatic nitrogens is 3. The van der Waals surface area contributed by atoms with E-state index in [-0.39, 0.29) is 11.9 Å². The van der Waals surface area contributed by atoms with E-state index in [0.29, 0.717) is 16.7 Å². The number of ketones is 1. The molecular formula is C19H22N4O2S2. The van der Waals surface area contributed by atoms with Gasteiger partial charge in [0.05, 0.1) is 17.2 Å². The Morgan fingerprint density at radius 2 is 2.30 bits per heavy atom. The van der Waals surface area contributed by atoms with E-state index < -0.39 is 0 Å². The topological polar surface area (TPSA) is 83.0 Å². The second kappa shape index (κ2) is 7.61. The van der Waals surface area contributed by atoms with Crippen molar-refractivity contribution in [3.63, 3.8) is 0 Å². The lowest BCUT2D eigenvalue weighted by Gasteiger charge is -2.14. The molecule has 2 N–H and O–H groups in total. The maximum Gasteiger partial charge on any atom is 0.191 e. The van der Waals surface area contributed by atoms with Crippen LogP contribution in [0.25, 0.3) is 10.2 Å². The molecule has 142 valence electrons. The molecular weight excluding hydrogens is 380 g/mol. The number of thiophene rings is 1. The molecule has 1 unspecified atom stereocenters. The van der Waals surface area contributed by atoms with Gasteiger partial charge in [-0.05, 0) is 44.2 Å². The van der Waals surface area contributed by atoms with Crippen LogP contribution in [-0.4, -0.2) is 38.8 Å². The summed E-state index contributed by atoms with van der Waals surface area (Å²) in [7, 11) is 0. The molecule has 1 atom stereocenters. The van der Waals surface area contributed by atoms with Gasteiger partial charge in [-0.15, -0.1) is 11.3 Å². The highest BCUT2D eigenvalue weighted by Gasteiger charge is 2.21. The predicted octanol–water partition coefficient (Wildman–Crippen LogP) is 3.85. The fourth-order valence-electron chi connectivity index (χ4n) is 3.49. The van der Waals surface area contributed by atoms with Crippen molar-refractivity contribution < 1.29 is 9.53 Å². The summed E-state index contributed by atoms with van der Waals surface area (Å²) in [5.41, 5.74) is 8.85. The molecule has 4 rings (SSSR count). The Hall–Kier alpha value is -1.90. The Bertz CT molecular complexity index is 989. The van der Waals surface area contributed by atoms with E-state index in [9.17, 15) is 4.79 Å². The zero-order valence-electron chi connectivity index (χ0n) is 15.4. The van der Waals surface area contributed by atoms with E-state index in [0.717, 1.165) is 53.2 Å². The Kier molecular flexibility index (Phi) is 5.21. The maximum atomic E-state index is 12.8. The minimum absolute atomic E-state index is 0.0835. The van der Waals surface area contributed by atoms with Crippen molar-refractivity contribution in [1.29, 1.82) is 0 Å². The zero-order valence-corrected chi connectivity index (χ0v) is 17.0. The van der Waals surface area contributed by atoms with Crippen LogP contribution < -0.4 is 5.73 Å². The first-order valence-electron chi connectivity index (χ1n) is 8.98. The molecule has 1 fully saturated rings. The number of hydrogen-bond donors (Lipinski definition) is 1. The molecule has 3 aromatic heterocycles. The van der Waals surface area contributed by atoms with E-state index in [4.69, 9.17) is 10.5 Å². The quantitative estimate of drug-likeness (QED) is 0.383. The largest absolute Gasteiger partial charge is 0.383 e. The van der Waals surface area contributed by atoms with Crippen LogP contribution in [0.3, 0.4) is 0 Å². The Balaban J connectivity index is 1.47. The average molecular weight is 403 g/mol. The fourth-order valence-corrected chi connectivity index (χ4v) is 5.05.